The molecular formula is C27H35N5O3. The van der Waals surface area contributed by atoms with Crippen LogP contribution < -0.4 is 15.0 Å². The number of hydrogen-bond acceptors (Lipinski definition) is 7. The van der Waals surface area contributed by atoms with Crippen LogP contribution in [0, 0.1) is 5.92 Å². The second kappa shape index (κ2) is 12.4. The molecule has 0 unspecified atom stereocenters. The van der Waals surface area contributed by atoms with Gasteiger partial charge >= 0.3 is 6.01 Å². The molecule has 186 valence electrons. The van der Waals surface area contributed by atoms with Crippen LogP contribution in [-0.4, -0.2) is 60.8 Å². The maximum atomic E-state index is 12.8. The van der Waals surface area contributed by atoms with Crippen LogP contribution in [0.5, 0.6) is 5.75 Å². The summed E-state index contributed by atoms with van der Waals surface area (Å²) in [6, 6.07) is 18.5. The molecule has 1 fully saturated rings. The summed E-state index contributed by atoms with van der Waals surface area (Å²) in [5, 5.41) is 7.27. The number of carbonyl (C=O) groups is 1. The quantitative estimate of drug-likeness (QED) is 0.418. The lowest BCUT2D eigenvalue weighted by Gasteiger charge is -2.30. The molecule has 8 nitrogen and oxygen atoms in total. The summed E-state index contributed by atoms with van der Waals surface area (Å²) in [5.74, 6) is 1.34. The van der Waals surface area contributed by atoms with E-state index in [9.17, 15) is 4.79 Å². The van der Waals surface area contributed by atoms with Crippen molar-refractivity contribution in [2.24, 2.45) is 5.92 Å². The number of rotatable bonds is 11. The molecule has 1 aliphatic rings. The average molecular weight is 478 g/mol. The molecule has 1 aromatic heterocycles. The molecule has 0 bridgehead atoms. The van der Waals surface area contributed by atoms with E-state index < -0.39 is 0 Å². The minimum atomic E-state index is -0.0771. The summed E-state index contributed by atoms with van der Waals surface area (Å²) in [4.78, 5) is 21.8. The van der Waals surface area contributed by atoms with Crippen molar-refractivity contribution in [1.82, 2.24) is 20.4 Å². The highest BCUT2D eigenvalue weighted by molar-refractivity contribution is 5.79. The molecule has 1 aliphatic heterocycles. The Morgan fingerprint density at radius 3 is 2.74 bits per heavy atom. The molecule has 2 heterocycles. The number of nitrogens with one attached hydrogen (secondary N) is 1. The van der Waals surface area contributed by atoms with Crippen LogP contribution in [-0.2, 0) is 11.3 Å². The van der Waals surface area contributed by atoms with Crippen molar-refractivity contribution in [3.63, 3.8) is 0 Å². The summed E-state index contributed by atoms with van der Waals surface area (Å²) in [5.41, 5.74) is 2.18. The molecule has 1 amide bonds. The van der Waals surface area contributed by atoms with Crippen molar-refractivity contribution in [2.75, 3.05) is 44.7 Å². The number of piperidine rings is 1. The van der Waals surface area contributed by atoms with E-state index in [1.807, 2.05) is 35.2 Å². The number of hydrogen-bond donors (Lipinski definition) is 1. The van der Waals surface area contributed by atoms with E-state index in [1.165, 1.54) is 5.56 Å². The Balaban J connectivity index is 1.23. The third-order valence-corrected chi connectivity index (χ3v) is 6.47. The molecular weight excluding hydrogens is 442 g/mol. The van der Waals surface area contributed by atoms with Crippen molar-refractivity contribution in [2.45, 2.75) is 32.7 Å². The van der Waals surface area contributed by atoms with Gasteiger partial charge in [-0.25, -0.2) is 0 Å². The van der Waals surface area contributed by atoms with Crippen molar-refractivity contribution < 1.29 is 14.1 Å². The Labute approximate surface area is 207 Å². The predicted molar refractivity (Wildman–Crippen MR) is 136 cm³/mol. The molecule has 0 saturated carbocycles. The second-order valence-electron chi connectivity index (χ2n) is 8.91. The van der Waals surface area contributed by atoms with E-state index in [1.54, 1.807) is 7.11 Å². The first-order valence-electron chi connectivity index (χ1n) is 12.4. The van der Waals surface area contributed by atoms with Gasteiger partial charge in [-0.3, -0.25) is 9.69 Å². The first kappa shape index (κ1) is 24.7. The number of anilines is 1. The Kier molecular flexibility index (Phi) is 8.73. The molecule has 3 aromatic rings. The fraction of sp³-hybridized carbons (Fsp3) is 0.444. The number of aromatic nitrogens is 2. The second-order valence-corrected chi connectivity index (χ2v) is 8.91. The van der Waals surface area contributed by atoms with Crippen LogP contribution in [0.1, 0.15) is 31.7 Å². The largest absolute Gasteiger partial charge is 0.497 e. The lowest BCUT2D eigenvalue weighted by atomic mass is 9.97. The molecule has 0 aliphatic carbocycles. The van der Waals surface area contributed by atoms with Gasteiger partial charge in [0.2, 0.25) is 11.7 Å². The Morgan fingerprint density at radius 1 is 1.20 bits per heavy atom. The van der Waals surface area contributed by atoms with Gasteiger partial charge in [0.1, 0.15) is 5.75 Å². The monoisotopic (exact) mass is 477 g/mol. The van der Waals surface area contributed by atoms with Gasteiger partial charge in [0.05, 0.1) is 13.0 Å². The van der Waals surface area contributed by atoms with Gasteiger partial charge in [-0.15, -0.1) is 0 Å². The van der Waals surface area contributed by atoms with Gasteiger partial charge < -0.3 is 19.5 Å². The van der Waals surface area contributed by atoms with Gasteiger partial charge in [-0.05, 0) is 55.6 Å². The van der Waals surface area contributed by atoms with Gasteiger partial charge in [0.15, 0.2) is 0 Å². The summed E-state index contributed by atoms with van der Waals surface area (Å²) < 4.78 is 10.7. The zero-order valence-electron chi connectivity index (χ0n) is 20.7. The lowest BCUT2D eigenvalue weighted by Crippen LogP contribution is -2.43. The highest BCUT2D eigenvalue weighted by Crippen LogP contribution is 2.26. The van der Waals surface area contributed by atoms with Crippen LogP contribution in [0.25, 0.3) is 11.4 Å². The first-order valence-corrected chi connectivity index (χ1v) is 12.4. The fourth-order valence-electron chi connectivity index (χ4n) is 4.42. The van der Waals surface area contributed by atoms with Gasteiger partial charge in [0.25, 0.3) is 0 Å². The Hall–Kier alpha value is -3.39. The minimum Gasteiger partial charge on any atom is -0.497 e. The molecule has 4 rings (SSSR count). The van der Waals surface area contributed by atoms with Gasteiger partial charge in [-0.2, -0.15) is 4.98 Å². The predicted octanol–water partition coefficient (Wildman–Crippen LogP) is 3.99. The summed E-state index contributed by atoms with van der Waals surface area (Å²) in [7, 11) is 1.64. The van der Waals surface area contributed by atoms with Gasteiger partial charge in [0, 0.05) is 38.3 Å². The van der Waals surface area contributed by atoms with E-state index >= 15 is 0 Å². The maximum absolute atomic E-state index is 12.8. The van der Waals surface area contributed by atoms with E-state index in [2.05, 4.69) is 51.5 Å². The van der Waals surface area contributed by atoms with Crippen molar-refractivity contribution in [3.8, 4) is 17.1 Å². The van der Waals surface area contributed by atoms with Crippen molar-refractivity contribution in [3.05, 3.63) is 60.2 Å². The molecule has 0 radical (unpaired) electrons. The minimum absolute atomic E-state index is 0.0771. The van der Waals surface area contributed by atoms with Crippen LogP contribution >= 0.6 is 0 Å². The normalized spacial score (nSPS) is 15.9. The van der Waals surface area contributed by atoms with E-state index in [4.69, 9.17) is 9.26 Å². The standard InChI is InChI=1S/C27H35N5O3/c1-3-31(19-21-9-5-4-6-10-21)17-8-16-28-26(33)23-11-7-18-32(20-23)27-29-25(30-35-27)22-12-14-24(34-2)15-13-22/h4-6,9-10,12-15,23H,3,7-8,11,16-20H2,1-2H3,(H,28,33)/t23-/m0/s1. The summed E-state index contributed by atoms with van der Waals surface area (Å²) >= 11 is 0. The number of carbonyl (C=O) groups excluding carboxylic acids is 1. The van der Waals surface area contributed by atoms with Crippen LogP contribution in [0.2, 0.25) is 0 Å². The smallest absolute Gasteiger partial charge is 0.324 e. The van der Waals surface area contributed by atoms with Gasteiger partial charge in [-0.1, -0.05) is 42.4 Å². The van der Waals surface area contributed by atoms with Crippen molar-refractivity contribution in [1.29, 1.82) is 0 Å². The molecule has 8 heteroatoms. The molecule has 1 atom stereocenters. The third-order valence-electron chi connectivity index (χ3n) is 6.47. The average Bonchev–Trinajstić information content (AvgIpc) is 3.41. The maximum Gasteiger partial charge on any atom is 0.324 e. The zero-order chi connectivity index (χ0) is 24.5. The topological polar surface area (TPSA) is 83.7 Å². The number of benzene rings is 2. The molecule has 0 spiro atoms. The zero-order valence-corrected chi connectivity index (χ0v) is 20.7. The van der Waals surface area contributed by atoms with E-state index in [-0.39, 0.29) is 11.8 Å². The highest BCUT2D eigenvalue weighted by atomic mass is 16.5. The molecule has 2 aromatic carbocycles. The SMILES string of the molecule is CCN(CCCNC(=O)[C@H]1CCCN(c2nc(-c3ccc(OC)cc3)no2)C1)Cc1ccccc1. The number of ether oxygens (including phenoxy) is 1. The van der Waals surface area contributed by atoms with E-state index in [0.717, 1.165) is 56.8 Å². The fourth-order valence-corrected chi connectivity index (χ4v) is 4.42. The van der Waals surface area contributed by atoms with Crippen molar-refractivity contribution >= 4 is 11.9 Å². The highest BCUT2D eigenvalue weighted by Gasteiger charge is 2.28. The Bertz CT molecular complexity index is 1050. The Morgan fingerprint density at radius 2 is 2.00 bits per heavy atom. The summed E-state index contributed by atoms with van der Waals surface area (Å²) in [6.45, 7) is 7.13. The number of amides is 1. The summed E-state index contributed by atoms with van der Waals surface area (Å²) in [6.07, 6.45) is 2.72. The number of nitrogens with zero attached hydrogens (tertiary/aromatic N) is 4. The molecule has 1 N–H and O–H groups in total. The number of methoxy groups -OCH3 is 1. The van der Waals surface area contributed by atoms with E-state index in [0.29, 0.717) is 24.9 Å². The van der Waals surface area contributed by atoms with Crippen LogP contribution in [0.4, 0.5) is 6.01 Å². The first-order chi connectivity index (χ1) is 17.2. The third kappa shape index (κ3) is 6.82. The lowest BCUT2D eigenvalue weighted by molar-refractivity contribution is -0.125. The van der Waals surface area contributed by atoms with Crippen LogP contribution in [0.3, 0.4) is 0 Å². The van der Waals surface area contributed by atoms with Crippen LogP contribution in [0.15, 0.2) is 59.1 Å². The molecule has 1 saturated heterocycles. The molecule has 35 heavy (non-hydrogen) atoms.